The van der Waals surface area contributed by atoms with Gasteiger partial charge in [-0.3, -0.25) is 0 Å². The van der Waals surface area contributed by atoms with Crippen molar-refractivity contribution in [2.24, 2.45) is 11.3 Å². The minimum atomic E-state index is 0.387. The average molecular weight is 247 g/mol. The number of nitrogens with one attached hydrogen (secondary N) is 1. The summed E-state index contributed by atoms with van der Waals surface area (Å²) >= 11 is 0. The zero-order valence-corrected chi connectivity index (χ0v) is 12.7. The summed E-state index contributed by atoms with van der Waals surface area (Å²) in [6.45, 7) is 12.7. The zero-order chi connectivity index (χ0) is 13.6. The maximum absolute atomic E-state index is 3.72. The predicted molar refractivity (Wildman–Crippen MR) is 80.8 cm³/mol. The van der Waals surface area contributed by atoms with Crippen molar-refractivity contribution in [3.63, 3.8) is 0 Å². The third-order valence-corrected chi connectivity index (χ3v) is 4.01. The van der Waals surface area contributed by atoms with E-state index in [2.05, 4.69) is 70.3 Å². The van der Waals surface area contributed by atoms with Gasteiger partial charge in [0.25, 0.3) is 0 Å². The molecule has 0 spiro atoms. The Bertz CT molecular complexity index is 323. The topological polar surface area (TPSA) is 12.0 Å². The third kappa shape index (κ3) is 5.22. The second-order valence-corrected chi connectivity index (χ2v) is 6.47. The number of hydrogen-bond donors (Lipinski definition) is 1. The fraction of sp³-hybridized carbons (Fsp3) is 0.647. The van der Waals surface area contributed by atoms with Crippen molar-refractivity contribution >= 4 is 0 Å². The van der Waals surface area contributed by atoms with Crippen molar-refractivity contribution in [2.45, 2.75) is 53.5 Å². The lowest BCUT2D eigenvalue weighted by Gasteiger charge is -2.29. The standard InChI is InChI=1S/C17H29N/c1-6-16(12-15-10-8-7-9-11-15)18-13-14(2)17(3,4)5/h7-11,14,16,18H,6,12-13H2,1-5H3. The maximum atomic E-state index is 3.72. The first-order chi connectivity index (χ1) is 8.43. The van der Waals surface area contributed by atoms with Gasteiger partial charge in [-0.25, -0.2) is 0 Å². The molecule has 0 aliphatic rings. The Labute approximate surface area is 113 Å². The molecule has 0 aliphatic carbocycles. The molecule has 0 aromatic heterocycles. The van der Waals surface area contributed by atoms with E-state index in [0.717, 1.165) is 13.0 Å². The first-order valence-electron chi connectivity index (χ1n) is 7.20. The highest BCUT2D eigenvalue weighted by Gasteiger charge is 2.20. The molecule has 1 nitrogen and oxygen atoms in total. The van der Waals surface area contributed by atoms with E-state index >= 15 is 0 Å². The van der Waals surface area contributed by atoms with Crippen molar-refractivity contribution in [1.29, 1.82) is 0 Å². The van der Waals surface area contributed by atoms with E-state index < -0.39 is 0 Å². The molecule has 1 rings (SSSR count). The smallest absolute Gasteiger partial charge is 0.0105 e. The Morgan fingerprint density at radius 2 is 1.72 bits per heavy atom. The molecule has 1 heteroatoms. The van der Waals surface area contributed by atoms with Gasteiger partial charge >= 0.3 is 0 Å². The lowest BCUT2D eigenvalue weighted by molar-refractivity contribution is 0.244. The lowest BCUT2D eigenvalue weighted by atomic mass is 9.82. The highest BCUT2D eigenvalue weighted by atomic mass is 14.9. The van der Waals surface area contributed by atoms with Gasteiger partial charge in [0.15, 0.2) is 0 Å². The largest absolute Gasteiger partial charge is 0.313 e. The van der Waals surface area contributed by atoms with E-state index in [-0.39, 0.29) is 0 Å². The average Bonchev–Trinajstić information content (AvgIpc) is 2.34. The van der Waals surface area contributed by atoms with Crippen molar-refractivity contribution in [3.8, 4) is 0 Å². The van der Waals surface area contributed by atoms with Crippen LogP contribution in [0.25, 0.3) is 0 Å². The van der Waals surface area contributed by atoms with Gasteiger partial charge in [0, 0.05) is 6.04 Å². The van der Waals surface area contributed by atoms with Crippen LogP contribution in [0.4, 0.5) is 0 Å². The fourth-order valence-electron chi connectivity index (χ4n) is 1.91. The normalized spacial score (nSPS) is 15.4. The van der Waals surface area contributed by atoms with E-state index in [4.69, 9.17) is 0 Å². The number of benzene rings is 1. The minimum Gasteiger partial charge on any atom is -0.313 e. The Hall–Kier alpha value is -0.820. The molecule has 2 unspecified atom stereocenters. The van der Waals surface area contributed by atoms with Crippen LogP contribution in [-0.2, 0) is 6.42 Å². The van der Waals surface area contributed by atoms with Gasteiger partial charge in [0.1, 0.15) is 0 Å². The monoisotopic (exact) mass is 247 g/mol. The van der Waals surface area contributed by atoms with Crippen LogP contribution < -0.4 is 5.32 Å². The van der Waals surface area contributed by atoms with Crippen molar-refractivity contribution in [2.75, 3.05) is 6.54 Å². The van der Waals surface area contributed by atoms with Crippen LogP contribution in [0.3, 0.4) is 0 Å². The SMILES string of the molecule is CCC(Cc1ccccc1)NCC(C)C(C)(C)C. The Balaban J connectivity index is 2.43. The van der Waals surface area contributed by atoms with E-state index in [1.807, 2.05) is 0 Å². The van der Waals surface area contributed by atoms with E-state index in [9.17, 15) is 0 Å². The first-order valence-corrected chi connectivity index (χ1v) is 7.20. The molecule has 2 atom stereocenters. The fourth-order valence-corrected chi connectivity index (χ4v) is 1.91. The molecule has 102 valence electrons. The van der Waals surface area contributed by atoms with Crippen LogP contribution in [0.15, 0.2) is 30.3 Å². The van der Waals surface area contributed by atoms with E-state index in [1.165, 1.54) is 12.0 Å². The van der Waals surface area contributed by atoms with Gasteiger partial charge in [-0.05, 0) is 36.3 Å². The number of hydrogen-bond acceptors (Lipinski definition) is 1. The molecule has 0 saturated heterocycles. The summed E-state index contributed by atoms with van der Waals surface area (Å²) in [4.78, 5) is 0. The molecule has 0 bridgehead atoms. The van der Waals surface area contributed by atoms with Crippen LogP contribution in [-0.4, -0.2) is 12.6 Å². The first kappa shape index (κ1) is 15.2. The highest BCUT2D eigenvalue weighted by Crippen LogP contribution is 2.24. The molecule has 0 heterocycles. The zero-order valence-electron chi connectivity index (χ0n) is 12.7. The summed E-state index contributed by atoms with van der Waals surface area (Å²) in [5.74, 6) is 0.697. The molecule has 1 aromatic rings. The molecular formula is C17H29N. The van der Waals surface area contributed by atoms with Crippen molar-refractivity contribution in [3.05, 3.63) is 35.9 Å². The molecule has 0 radical (unpaired) electrons. The molecule has 0 saturated carbocycles. The van der Waals surface area contributed by atoms with Crippen LogP contribution in [0, 0.1) is 11.3 Å². The Morgan fingerprint density at radius 3 is 2.22 bits per heavy atom. The van der Waals surface area contributed by atoms with Gasteiger partial charge in [-0.1, -0.05) is 65.0 Å². The van der Waals surface area contributed by atoms with Gasteiger partial charge in [-0.15, -0.1) is 0 Å². The molecular weight excluding hydrogens is 218 g/mol. The van der Waals surface area contributed by atoms with Gasteiger partial charge in [0.05, 0.1) is 0 Å². The Kier molecular flexibility index (Phi) is 5.87. The van der Waals surface area contributed by atoms with Crippen LogP contribution in [0.2, 0.25) is 0 Å². The quantitative estimate of drug-likeness (QED) is 0.791. The summed E-state index contributed by atoms with van der Waals surface area (Å²) in [6, 6.07) is 11.4. The Morgan fingerprint density at radius 1 is 1.11 bits per heavy atom. The van der Waals surface area contributed by atoms with E-state index in [0.29, 0.717) is 17.4 Å². The van der Waals surface area contributed by atoms with Crippen LogP contribution >= 0.6 is 0 Å². The van der Waals surface area contributed by atoms with Crippen LogP contribution in [0.5, 0.6) is 0 Å². The van der Waals surface area contributed by atoms with Gasteiger partial charge < -0.3 is 5.32 Å². The maximum Gasteiger partial charge on any atom is 0.0105 e. The second-order valence-electron chi connectivity index (χ2n) is 6.47. The van der Waals surface area contributed by atoms with E-state index in [1.54, 1.807) is 0 Å². The molecule has 1 aromatic carbocycles. The minimum absolute atomic E-state index is 0.387. The second kappa shape index (κ2) is 6.94. The molecule has 1 N–H and O–H groups in total. The molecule has 18 heavy (non-hydrogen) atoms. The molecule has 0 aliphatic heterocycles. The third-order valence-electron chi connectivity index (χ3n) is 4.01. The molecule has 0 fully saturated rings. The predicted octanol–water partition coefficient (Wildman–Crippen LogP) is 4.28. The lowest BCUT2D eigenvalue weighted by Crippen LogP contribution is -2.37. The van der Waals surface area contributed by atoms with Crippen molar-refractivity contribution in [1.82, 2.24) is 5.32 Å². The summed E-state index contributed by atoms with van der Waals surface area (Å²) < 4.78 is 0. The summed E-state index contributed by atoms with van der Waals surface area (Å²) in [6.07, 6.45) is 2.32. The summed E-state index contributed by atoms with van der Waals surface area (Å²) in [7, 11) is 0. The highest BCUT2D eigenvalue weighted by molar-refractivity contribution is 5.15. The summed E-state index contributed by atoms with van der Waals surface area (Å²) in [5.41, 5.74) is 1.82. The van der Waals surface area contributed by atoms with Crippen LogP contribution in [0.1, 0.15) is 46.6 Å². The molecule has 0 amide bonds. The van der Waals surface area contributed by atoms with Gasteiger partial charge in [-0.2, -0.15) is 0 Å². The summed E-state index contributed by atoms with van der Waals surface area (Å²) in [5, 5.41) is 3.72. The van der Waals surface area contributed by atoms with Crippen molar-refractivity contribution < 1.29 is 0 Å². The number of rotatable bonds is 6. The van der Waals surface area contributed by atoms with Gasteiger partial charge in [0.2, 0.25) is 0 Å².